The van der Waals surface area contributed by atoms with Crippen LogP contribution < -0.4 is 0 Å². The van der Waals surface area contributed by atoms with Crippen LogP contribution in [-0.2, 0) is 0 Å². The Hall–Kier alpha value is -1.60. The molecule has 88 valence electrons. The Morgan fingerprint density at radius 1 is 0.882 bits per heavy atom. The second-order valence-electron chi connectivity index (χ2n) is 4.50. The Morgan fingerprint density at radius 2 is 1.47 bits per heavy atom. The maximum Gasteiger partial charge on any atom is 0.0858 e. The maximum atomic E-state index is 10.4. The quantitative estimate of drug-likeness (QED) is 0.843. The third-order valence-electron chi connectivity index (χ3n) is 3.31. The van der Waals surface area contributed by atoms with Crippen LogP contribution in [0.25, 0.3) is 0 Å². The predicted octanol–water partition coefficient (Wildman–Crippen LogP) is 3.83. The van der Waals surface area contributed by atoms with E-state index in [0.29, 0.717) is 0 Å². The highest BCUT2D eigenvalue weighted by Crippen LogP contribution is 2.31. The van der Waals surface area contributed by atoms with Crippen LogP contribution in [0.3, 0.4) is 0 Å². The summed E-state index contributed by atoms with van der Waals surface area (Å²) in [5.74, 6) is 0.109. The molecule has 0 aliphatic carbocycles. The summed E-state index contributed by atoms with van der Waals surface area (Å²) in [5, 5.41) is 10.4. The van der Waals surface area contributed by atoms with Gasteiger partial charge in [0.05, 0.1) is 6.10 Å². The summed E-state index contributed by atoms with van der Waals surface area (Å²) >= 11 is 0. The van der Waals surface area contributed by atoms with Gasteiger partial charge in [0.1, 0.15) is 0 Å². The molecule has 2 unspecified atom stereocenters. The van der Waals surface area contributed by atoms with Crippen molar-refractivity contribution in [1.82, 2.24) is 0 Å². The number of benzene rings is 2. The van der Waals surface area contributed by atoms with Gasteiger partial charge in [-0.3, -0.25) is 0 Å². The molecule has 1 nitrogen and oxygen atoms in total. The van der Waals surface area contributed by atoms with Gasteiger partial charge in [0.25, 0.3) is 0 Å². The van der Waals surface area contributed by atoms with Gasteiger partial charge < -0.3 is 5.11 Å². The number of hydrogen-bond acceptors (Lipinski definition) is 1. The third kappa shape index (κ3) is 2.56. The lowest BCUT2D eigenvalue weighted by atomic mass is 9.89. The largest absolute Gasteiger partial charge is 0.388 e. The fraction of sp³-hybridized carbons (Fsp3) is 0.250. The maximum absolute atomic E-state index is 10.4. The number of aliphatic hydroxyl groups excluding tert-OH is 1. The third-order valence-corrected chi connectivity index (χ3v) is 3.31. The summed E-state index contributed by atoms with van der Waals surface area (Å²) in [6.45, 7) is 4.10. The van der Waals surface area contributed by atoms with E-state index < -0.39 is 6.10 Å². The fourth-order valence-corrected chi connectivity index (χ4v) is 2.13. The van der Waals surface area contributed by atoms with Crippen LogP contribution in [0.5, 0.6) is 0 Å². The molecule has 0 aliphatic heterocycles. The van der Waals surface area contributed by atoms with Gasteiger partial charge in [-0.05, 0) is 23.6 Å². The van der Waals surface area contributed by atoms with E-state index in [0.717, 1.165) is 11.1 Å². The molecule has 2 atom stereocenters. The second kappa shape index (κ2) is 5.15. The highest BCUT2D eigenvalue weighted by molar-refractivity contribution is 5.31. The average molecular weight is 226 g/mol. The highest BCUT2D eigenvalue weighted by Gasteiger charge is 2.18. The van der Waals surface area contributed by atoms with E-state index in [1.807, 2.05) is 49.4 Å². The summed E-state index contributed by atoms with van der Waals surface area (Å²) in [7, 11) is 0. The van der Waals surface area contributed by atoms with E-state index in [9.17, 15) is 5.11 Å². The first-order valence-electron chi connectivity index (χ1n) is 5.98. The molecule has 1 N–H and O–H groups in total. The van der Waals surface area contributed by atoms with Gasteiger partial charge in [0.2, 0.25) is 0 Å². The molecule has 0 heterocycles. The van der Waals surface area contributed by atoms with E-state index >= 15 is 0 Å². The summed E-state index contributed by atoms with van der Waals surface area (Å²) < 4.78 is 0. The number of aliphatic hydroxyl groups is 1. The van der Waals surface area contributed by atoms with E-state index in [-0.39, 0.29) is 5.92 Å². The Balaban J connectivity index is 2.27. The number of rotatable bonds is 3. The van der Waals surface area contributed by atoms with Crippen molar-refractivity contribution in [3.8, 4) is 0 Å². The molecule has 0 aliphatic rings. The van der Waals surface area contributed by atoms with Crippen molar-refractivity contribution >= 4 is 0 Å². The minimum Gasteiger partial charge on any atom is -0.388 e. The van der Waals surface area contributed by atoms with Crippen molar-refractivity contribution in [1.29, 1.82) is 0 Å². The molecule has 1 heteroatoms. The summed E-state index contributed by atoms with van der Waals surface area (Å²) in [6, 6.07) is 18.2. The number of hydrogen-bond donors (Lipinski definition) is 1. The van der Waals surface area contributed by atoms with Crippen molar-refractivity contribution in [3.05, 3.63) is 71.3 Å². The molecule has 17 heavy (non-hydrogen) atoms. The van der Waals surface area contributed by atoms with Gasteiger partial charge in [-0.15, -0.1) is 0 Å². The van der Waals surface area contributed by atoms with E-state index in [4.69, 9.17) is 0 Å². The van der Waals surface area contributed by atoms with Crippen LogP contribution in [0, 0.1) is 6.92 Å². The molecule has 2 aromatic rings. The Bertz CT molecular complexity index is 476. The molecule has 2 rings (SSSR count). The van der Waals surface area contributed by atoms with Crippen LogP contribution >= 0.6 is 0 Å². The van der Waals surface area contributed by atoms with Crippen molar-refractivity contribution in [3.63, 3.8) is 0 Å². The summed E-state index contributed by atoms with van der Waals surface area (Å²) in [5.41, 5.74) is 3.33. The van der Waals surface area contributed by atoms with Crippen LogP contribution in [-0.4, -0.2) is 5.11 Å². The molecule has 0 saturated heterocycles. The molecule has 0 spiro atoms. The lowest BCUT2D eigenvalue weighted by Crippen LogP contribution is -2.08. The SMILES string of the molecule is Cc1ccccc1C(O)C(C)c1ccccc1. The van der Waals surface area contributed by atoms with Gasteiger partial charge in [-0.2, -0.15) is 0 Å². The predicted molar refractivity (Wildman–Crippen MR) is 71.0 cm³/mol. The Morgan fingerprint density at radius 3 is 2.12 bits per heavy atom. The van der Waals surface area contributed by atoms with Crippen molar-refractivity contribution in [2.75, 3.05) is 0 Å². The zero-order chi connectivity index (χ0) is 12.3. The highest BCUT2D eigenvalue weighted by atomic mass is 16.3. The summed E-state index contributed by atoms with van der Waals surface area (Å²) in [6.07, 6.45) is -0.446. The van der Waals surface area contributed by atoms with E-state index in [2.05, 4.69) is 19.1 Å². The smallest absolute Gasteiger partial charge is 0.0858 e. The van der Waals surface area contributed by atoms with Crippen LogP contribution in [0.1, 0.15) is 35.6 Å². The second-order valence-corrected chi connectivity index (χ2v) is 4.50. The zero-order valence-electron chi connectivity index (χ0n) is 10.3. The molecule has 0 aromatic heterocycles. The first-order chi connectivity index (χ1) is 8.20. The van der Waals surface area contributed by atoms with Gasteiger partial charge in [-0.25, -0.2) is 0 Å². The number of aryl methyl sites for hydroxylation is 1. The molecule has 0 fully saturated rings. The van der Waals surface area contributed by atoms with Gasteiger partial charge in [0.15, 0.2) is 0 Å². The lowest BCUT2D eigenvalue weighted by molar-refractivity contribution is 0.151. The van der Waals surface area contributed by atoms with Crippen molar-refractivity contribution in [2.24, 2.45) is 0 Å². The average Bonchev–Trinajstić information content (AvgIpc) is 2.39. The van der Waals surface area contributed by atoms with Crippen molar-refractivity contribution in [2.45, 2.75) is 25.9 Å². The van der Waals surface area contributed by atoms with E-state index in [1.165, 1.54) is 5.56 Å². The fourth-order valence-electron chi connectivity index (χ4n) is 2.13. The molecule has 0 amide bonds. The van der Waals surface area contributed by atoms with Crippen LogP contribution in [0.2, 0.25) is 0 Å². The van der Waals surface area contributed by atoms with E-state index in [1.54, 1.807) is 0 Å². The van der Waals surface area contributed by atoms with Gasteiger partial charge in [-0.1, -0.05) is 61.5 Å². The minimum atomic E-state index is -0.446. The summed E-state index contributed by atoms with van der Waals surface area (Å²) in [4.78, 5) is 0. The zero-order valence-corrected chi connectivity index (χ0v) is 10.3. The normalized spacial score (nSPS) is 14.3. The van der Waals surface area contributed by atoms with Gasteiger partial charge >= 0.3 is 0 Å². The lowest BCUT2D eigenvalue weighted by Gasteiger charge is -2.21. The standard InChI is InChI=1S/C16H18O/c1-12-8-6-7-11-15(12)16(17)13(2)14-9-4-3-5-10-14/h3-11,13,16-17H,1-2H3. The molecule has 0 saturated carbocycles. The minimum absolute atomic E-state index is 0.109. The molecule has 0 bridgehead atoms. The molecule has 0 radical (unpaired) electrons. The Kier molecular flexibility index (Phi) is 3.60. The van der Waals surface area contributed by atoms with Crippen molar-refractivity contribution < 1.29 is 5.11 Å². The van der Waals surface area contributed by atoms with Gasteiger partial charge in [0, 0.05) is 5.92 Å². The molecular formula is C16H18O. The molecule has 2 aromatic carbocycles. The topological polar surface area (TPSA) is 20.2 Å². The van der Waals surface area contributed by atoms with Crippen LogP contribution in [0.4, 0.5) is 0 Å². The first-order valence-corrected chi connectivity index (χ1v) is 5.98. The van der Waals surface area contributed by atoms with Crippen LogP contribution in [0.15, 0.2) is 54.6 Å². The Labute approximate surface area is 103 Å². The molecular weight excluding hydrogens is 208 g/mol. The monoisotopic (exact) mass is 226 g/mol. The first kappa shape index (κ1) is 11.9.